The molecule has 2 aromatic carbocycles. The fraction of sp³-hybridized carbons (Fsp3) is 0.548. The van der Waals surface area contributed by atoms with Gasteiger partial charge >= 0.3 is 6.18 Å². The molecule has 2 fully saturated rings. The van der Waals surface area contributed by atoms with E-state index in [2.05, 4.69) is 24.1 Å². The predicted octanol–water partition coefficient (Wildman–Crippen LogP) is 5.50. The van der Waals surface area contributed by atoms with Crippen molar-refractivity contribution >= 4 is 33.4 Å². The lowest BCUT2D eigenvalue weighted by atomic mass is 9.80. The summed E-state index contributed by atoms with van der Waals surface area (Å²) in [6, 6.07) is 11.0. The quantitative estimate of drug-likeness (QED) is 0.365. The molecule has 4 rings (SSSR count). The minimum atomic E-state index is -4.60. The summed E-state index contributed by atoms with van der Waals surface area (Å²) in [5.41, 5.74) is -2.45. The number of rotatable bonds is 9. The van der Waals surface area contributed by atoms with Gasteiger partial charge in [0.1, 0.15) is 5.54 Å². The van der Waals surface area contributed by atoms with Gasteiger partial charge in [0.2, 0.25) is 5.91 Å². The Labute approximate surface area is 256 Å². The molecule has 7 nitrogen and oxygen atoms in total. The molecule has 1 N–H and O–H groups in total. The first kappa shape index (κ1) is 33.3. The first-order valence-electron chi connectivity index (χ1n) is 14.5. The zero-order chi connectivity index (χ0) is 31.7. The van der Waals surface area contributed by atoms with Crippen molar-refractivity contribution in [2.75, 3.05) is 25.6 Å². The highest BCUT2D eigenvalue weighted by molar-refractivity contribution is 7.98. The molecule has 1 saturated heterocycles. The molecular weight excluding hydrogens is 599 g/mol. The number of carbonyl (C=O) groups is 2. The maximum absolute atomic E-state index is 13.9. The van der Waals surface area contributed by atoms with Gasteiger partial charge in [-0.15, -0.1) is 11.8 Å². The molecule has 0 aromatic heterocycles. The smallest absolute Gasteiger partial charge is 0.338 e. The van der Waals surface area contributed by atoms with Crippen LogP contribution in [0.4, 0.5) is 13.2 Å². The van der Waals surface area contributed by atoms with E-state index in [1.165, 1.54) is 17.8 Å². The van der Waals surface area contributed by atoms with E-state index in [0.717, 1.165) is 29.5 Å². The van der Waals surface area contributed by atoms with Crippen molar-refractivity contribution < 1.29 is 31.2 Å². The largest absolute Gasteiger partial charge is 0.416 e. The molecule has 236 valence electrons. The predicted molar refractivity (Wildman–Crippen MR) is 162 cm³/mol. The van der Waals surface area contributed by atoms with Crippen molar-refractivity contribution in [2.45, 2.75) is 86.1 Å². The Bertz CT molecular complexity index is 1430. The number of thioether (sulfide) groups is 1. The molecule has 12 heteroatoms. The van der Waals surface area contributed by atoms with Crippen LogP contribution in [0.3, 0.4) is 0 Å². The molecule has 0 bridgehead atoms. The summed E-state index contributed by atoms with van der Waals surface area (Å²) in [4.78, 5) is 32.0. The lowest BCUT2D eigenvalue weighted by Crippen LogP contribution is -2.56. The molecule has 0 unspecified atom stereocenters. The van der Waals surface area contributed by atoms with Gasteiger partial charge in [-0.3, -0.25) is 9.59 Å². The van der Waals surface area contributed by atoms with Gasteiger partial charge in [0, 0.05) is 35.1 Å². The molecule has 0 radical (unpaired) electrons. The Hall–Kier alpha value is -2.57. The van der Waals surface area contributed by atoms with Gasteiger partial charge in [-0.05, 0) is 108 Å². The number of likely N-dealkylation sites (tertiary alicyclic amines) is 1. The van der Waals surface area contributed by atoms with Crippen LogP contribution in [0, 0.1) is 5.92 Å². The van der Waals surface area contributed by atoms with Gasteiger partial charge in [-0.1, -0.05) is 6.07 Å². The summed E-state index contributed by atoms with van der Waals surface area (Å²) in [6.07, 6.45) is -0.429. The summed E-state index contributed by atoms with van der Waals surface area (Å²) in [5.74, 6) is -1.56. The molecule has 0 spiro atoms. The maximum atomic E-state index is 13.9. The molecule has 1 aliphatic carbocycles. The molecule has 1 heterocycles. The highest BCUT2D eigenvalue weighted by Crippen LogP contribution is 2.38. The van der Waals surface area contributed by atoms with Crippen LogP contribution in [-0.4, -0.2) is 79.3 Å². The van der Waals surface area contributed by atoms with E-state index in [0.29, 0.717) is 19.4 Å². The van der Waals surface area contributed by atoms with Crippen molar-refractivity contribution in [2.24, 2.45) is 5.92 Å². The molecule has 4 atom stereocenters. The van der Waals surface area contributed by atoms with Gasteiger partial charge in [0.25, 0.3) is 5.91 Å². The van der Waals surface area contributed by atoms with E-state index in [1.54, 1.807) is 36.1 Å². The highest BCUT2D eigenvalue weighted by atomic mass is 32.2. The van der Waals surface area contributed by atoms with E-state index >= 15 is 0 Å². The van der Waals surface area contributed by atoms with Gasteiger partial charge < -0.3 is 15.1 Å². The number of alkyl halides is 3. The lowest BCUT2D eigenvalue weighted by Gasteiger charge is -2.44. The van der Waals surface area contributed by atoms with E-state index in [4.69, 9.17) is 0 Å². The summed E-state index contributed by atoms with van der Waals surface area (Å²) >= 11 is 1.53. The number of nitrogens with one attached hydrogen (secondary N) is 1. The van der Waals surface area contributed by atoms with E-state index in [1.807, 2.05) is 13.3 Å². The Morgan fingerprint density at radius 1 is 1.16 bits per heavy atom. The molecule has 2 aromatic rings. The molecule has 2 aliphatic rings. The normalized spacial score (nSPS) is 25.0. The molecule has 1 saturated carbocycles. The van der Waals surface area contributed by atoms with E-state index < -0.39 is 33.0 Å². The van der Waals surface area contributed by atoms with Crippen LogP contribution < -0.4 is 5.32 Å². The molecule has 43 heavy (non-hydrogen) atoms. The number of nitrogens with zero attached hydrogens (tertiary/aromatic N) is 2. The van der Waals surface area contributed by atoms with Crippen molar-refractivity contribution in [3.63, 3.8) is 0 Å². The minimum absolute atomic E-state index is 0.115. The van der Waals surface area contributed by atoms with Crippen LogP contribution in [-0.2, 0) is 20.8 Å². The van der Waals surface area contributed by atoms with Gasteiger partial charge in [0.05, 0.1) is 16.2 Å². The van der Waals surface area contributed by atoms with Crippen LogP contribution in [0.5, 0.6) is 0 Å². The number of amides is 2. The zero-order valence-corrected chi connectivity index (χ0v) is 26.8. The number of hydrogen-bond acceptors (Lipinski definition) is 6. The van der Waals surface area contributed by atoms with Crippen LogP contribution in [0.25, 0.3) is 0 Å². The second-order valence-electron chi connectivity index (χ2n) is 12.1. The minimum Gasteiger partial charge on any atom is -0.338 e. The van der Waals surface area contributed by atoms with Crippen molar-refractivity contribution in [3.05, 3.63) is 59.7 Å². The number of carbonyl (C=O) groups excluding carboxylic acids is 2. The monoisotopic (exact) mass is 639 g/mol. The number of halogens is 3. The number of hydrogen-bond donors (Lipinski definition) is 1. The number of benzene rings is 2. The van der Waals surface area contributed by atoms with Crippen LogP contribution in [0.2, 0.25) is 0 Å². The first-order valence-corrected chi connectivity index (χ1v) is 17.3. The maximum Gasteiger partial charge on any atom is 0.416 e. The second kappa shape index (κ2) is 12.8. The Morgan fingerprint density at radius 3 is 2.44 bits per heavy atom. The summed E-state index contributed by atoms with van der Waals surface area (Å²) in [6.45, 7) is 6.08. The van der Waals surface area contributed by atoms with Crippen LogP contribution in [0.1, 0.15) is 62.4 Å². The molecular formula is C31H40F3N3O4S2. The number of sulfone groups is 1. The van der Waals surface area contributed by atoms with Gasteiger partial charge in [-0.2, -0.15) is 13.2 Å². The average molecular weight is 640 g/mol. The fourth-order valence-electron chi connectivity index (χ4n) is 6.23. The fourth-order valence-corrected chi connectivity index (χ4v) is 8.30. The molecule has 2 amide bonds. The van der Waals surface area contributed by atoms with Gasteiger partial charge in [0.15, 0.2) is 9.84 Å². The SMILES string of the molecule is CSc1ccc(S(=O)(=O)C[C@@H]2C[C@H](N(C)C(C)C)CC[C@@H]2N2CC[C@](C)(NC(=O)c3cccc(C(F)(F)F)c3)C2=O)cc1. The second-order valence-corrected chi connectivity index (χ2v) is 15.0. The first-order chi connectivity index (χ1) is 20.1. The van der Waals surface area contributed by atoms with Crippen LogP contribution >= 0.6 is 11.8 Å². The summed E-state index contributed by atoms with van der Waals surface area (Å²) < 4.78 is 66.9. The van der Waals surface area contributed by atoms with Crippen LogP contribution in [0.15, 0.2) is 58.3 Å². The third-order valence-electron chi connectivity index (χ3n) is 8.98. The van der Waals surface area contributed by atoms with Crippen molar-refractivity contribution in [1.29, 1.82) is 0 Å². The summed E-state index contributed by atoms with van der Waals surface area (Å²) in [7, 11) is -1.63. The standard InChI is InChI=1S/C31H40F3N3O4S2/c1-20(2)36(4)24-9-14-27(22(18-24)19-43(40,41)26-12-10-25(42-5)11-13-26)37-16-15-30(3,29(37)39)35-28(38)21-7-6-8-23(17-21)31(32,33)34/h6-8,10-13,17,20,22,24,27H,9,14-16,18-19H2,1-5H3,(H,35,38)/t22-,24+,27-,30-/m0/s1. The van der Waals surface area contributed by atoms with Crippen molar-refractivity contribution in [1.82, 2.24) is 15.1 Å². The Balaban J connectivity index is 1.56. The Kier molecular flexibility index (Phi) is 9.93. The van der Waals surface area contributed by atoms with Gasteiger partial charge in [-0.25, -0.2) is 8.42 Å². The Morgan fingerprint density at radius 2 is 1.84 bits per heavy atom. The van der Waals surface area contributed by atoms with E-state index in [9.17, 15) is 31.2 Å². The average Bonchev–Trinajstić information content (AvgIpc) is 3.25. The van der Waals surface area contributed by atoms with Crippen molar-refractivity contribution in [3.8, 4) is 0 Å². The highest BCUT2D eigenvalue weighted by Gasteiger charge is 2.49. The topological polar surface area (TPSA) is 86.8 Å². The third kappa shape index (κ3) is 7.39. The molecule has 1 aliphatic heterocycles. The summed E-state index contributed by atoms with van der Waals surface area (Å²) in [5, 5.41) is 2.68. The lowest BCUT2D eigenvalue weighted by molar-refractivity contribution is -0.138. The third-order valence-corrected chi connectivity index (χ3v) is 11.6. The van der Waals surface area contributed by atoms with E-state index in [-0.39, 0.29) is 52.6 Å². The zero-order valence-electron chi connectivity index (χ0n) is 25.1.